The molecular weight excluding hydrogens is 221 g/mol. The fourth-order valence-corrected chi connectivity index (χ4v) is 1.92. The second-order valence-corrected chi connectivity index (χ2v) is 4.65. The Hall–Kier alpha value is -1.42. The summed E-state index contributed by atoms with van der Waals surface area (Å²) in [6.07, 6.45) is 0.767. The normalized spacial score (nSPS) is 23.6. The molecule has 1 unspecified atom stereocenters. The molecule has 2 rings (SSSR count). The zero-order valence-corrected chi connectivity index (χ0v) is 9.83. The Labute approximate surface area is 100.0 Å². The molecule has 1 N–H and O–H groups in total. The highest BCUT2D eigenvalue weighted by Crippen LogP contribution is 2.26. The summed E-state index contributed by atoms with van der Waals surface area (Å²) in [4.78, 5) is 11.9. The number of benzene rings is 1. The van der Waals surface area contributed by atoms with E-state index in [-0.39, 0.29) is 18.4 Å². The largest absolute Gasteiger partial charge is 0.460 e. The minimum absolute atomic E-state index is 0.00109. The van der Waals surface area contributed by atoms with Crippen molar-refractivity contribution in [3.63, 3.8) is 0 Å². The molecule has 0 aromatic heterocycles. The fourth-order valence-electron chi connectivity index (χ4n) is 1.92. The van der Waals surface area contributed by atoms with E-state index in [0.29, 0.717) is 12.1 Å². The summed E-state index contributed by atoms with van der Waals surface area (Å²) in [6, 6.07) is 6.33. The SMILES string of the molecule is CC1(C(=O)OCc2ccccc2F)CCNC1. The number of hydrogen-bond donors (Lipinski definition) is 1. The molecule has 0 spiro atoms. The number of carbonyl (C=O) groups excluding carboxylic acids is 1. The first-order chi connectivity index (χ1) is 8.12. The maximum atomic E-state index is 13.3. The summed E-state index contributed by atoms with van der Waals surface area (Å²) in [5.74, 6) is -0.597. The molecule has 1 aromatic rings. The molecule has 0 amide bonds. The molecule has 1 atom stereocenters. The van der Waals surface area contributed by atoms with E-state index in [0.717, 1.165) is 13.0 Å². The number of hydrogen-bond acceptors (Lipinski definition) is 3. The lowest BCUT2D eigenvalue weighted by Crippen LogP contribution is -2.31. The van der Waals surface area contributed by atoms with Crippen LogP contribution >= 0.6 is 0 Å². The Morgan fingerprint density at radius 1 is 1.53 bits per heavy atom. The van der Waals surface area contributed by atoms with Gasteiger partial charge in [-0.15, -0.1) is 0 Å². The Balaban J connectivity index is 1.94. The maximum Gasteiger partial charge on any atom is 0.313 e. The van der Waals surface area contributed by atoms with Gasteiger partial charge in [-0.25, -0.2) is 4.39 Å². The minimum Gasteiger partial charge on any atom is -0.460 e. The Morgan fingerprint density at radius 2 is 2.29 bits per heavy atom. The molecule has 0 bridgehead atoms. The summed E-state index contributed by atoms with van der Waals surface area (Å²) in [5.41, 5.74) is -0.0546. The zero-order valence-electron chi connectivity index (χ0n) is 9.83. The standard InChI is InChI=1S/C13H16FNO2/c1-13(6-7-15-9-13)12(16)17-8-10-4-2-3-5-11(10)14/h2-5,15H,6-9H2,1H3. The molecule has 4 heteroatoms. The Kier molecular flexibility index (Phi) is 3.43. The fraction of sp³-hybridized carbons (Fsp3) is 0.462. The van der Waals surface area contributed by atoms with Crippen molar-refractivity contribution in [1.29, 1.82) is 0 Å². The van der Waals surface area contributed by atoms with E-state index in [1.54, 1.807) is 18.2 Å². The third-order valence-corrected chi connectivity index (χ3v) is 3.18. The highest BCUT2D eigenvalue weighted by Gasteiger charge is 2.37. The van der Waals surface area contributed by atoms with Crippen LogP contribution in [0, 0.1) is 11.2 Å². The van der Waals surface area contributed by atoms with Gasteiger partial charge in [0.2, 0.25) is 0 Å². The van der Waals surface area contributed by atoms with Gasteiger partial charge in [-0.2, -0.15) is 0 Å². The first-order valence-corrected chi connectivity index (χ1v) is 5.73. The van der Waals surface area contributed by atoms with Gasteiger partial charge < -0.3 is 10.1 Å². The highest BCUT2D eigenvalue weighted by molar-refractivity contribution is 5.77. The van der Waals surface area contributed by atoms with Crippen molar-refractivity contribution in [3.05, 3.63) is 35.6 Å². The van der Waals surface area contributed by atoms with Gasteiger partial charge in [-0.3, -0.25) is 4.79 Å². The van der Waals surface area contributed by atoms with Crippen LogP contribution in [-0.2, 0) is 16.1 Å². The molecule has 1 heterocycles. The number of rotatable bonds is 3. The van der Waals surface area contributed by atoms with Crippen LogP contribution < -0.4 is 5.32 Å². The van der Waals surface area contributed by atoms with Crippen LogP contribution in [0.5, 0.6) is 0 Å². The Bertz CT molecular complexity index is 414. The van der Waals surface area contributed by atoms with Crippen LogP contribution in [0.15, 0.2) is 24.3 Å². The monoisotopic (exact) mass is 237 g/mol. The molecular formula is C13H16FNO2. The molecule has 17 heavy (non-hydrogen) atoms. The predicted molar refractivity (Wildman–Crippen MR) is 61.8 cm³/mol. The van der Waals surface area contributed by atoms with Crippen molar-refractivity contribution in [2.24, 2.45) is 5.41 Å². The van der Waals surface area contributed by atoms with Gasteiger partial charge in [-0.1, -0.05) is 18.2 Å². The number of nitrogens with one attached hydrogen (secondary N) is 1. The summed E-state index contributed by atoms with van der Waals surface area (Å²) in [5, 5.41) is 3.13. The number of carbonyl (C=O) groups is 1. The van der Waals surface area contributed by atoms with Gasteiger partial charge in [0.25, 0.3) is 0 Å². The topological polar surface area (TPSA) is 38.3 Å². The quantitative estimate of drug-likeness (QED) is 0.816. The maximum absolute atomic E-state index is 13.3. The first kappa shape index (κ1) is 12.0. The van der Waals surface area contributed by atoms with Gasteiger partial charge in [0.1, 0.15) is 12.4 Å². The summed E-state index contributed by atoms with van der Waals surface area (Å²) >= 11 is 0. The smallest absolute Gasteiger partial charge is 0.313 e. The van der Waals surface area contributed by atoms with Crippen LogP contribution in [0.4, 0.5) is 4.39 Å². The zero-order chi connectivity index (χ0) is 12.3. The van der Waals surface area contributed by atoms with E-state index in [4.69, 9.17) is 4.74 Å². The Morgan fingerprint density at radius 3 is 2.94 bits per heavy atom. The van der Waals surface area contributed by atoms with E-state index in [1.165, 1.54) is 6.07 Å². The lowest BCUT2D eigenvalue weighted by Gasteiger charge is -2.20. The molecule has 1 fully saturated rings. The molecule has 1 aromatic carbocycles. The van der Waals surface area contributed by atoms with Gasteiger partial charge in [0.15, 0.2) is 0 Å². The van der Waals surface area contributed by atoms with Crippen LogP contribution in [0.1, 0.15) is 18.9 Å². The molecule has 92 valence electrons. The van der Waals surface area contributed by atoms with E-state index >= 15 is 0 Å². The molecule has 0 saturated carbocycles. The van der Waals surface area contributed by atoms with E-state index in [9.17, 15) is 9.18 Å². The highest BCUT2D eigenvalue weighted by atomic mass is 19.1. The molecule has 3 nitrogen and oxygen atoms in total. The van der Waals surface area contributed by atoms with Gasteiger partial charge in [-0.05, 0) is 26.0 Å². The third-order valence-electron chi connectivity index (χ3n) is 3.18. The molecule has 0 aliphatic carbocycles. The molecule has 1 aliphatic heterocycles. The van der Waals surface area contributed by atoms with Crippen LogP contribution in [0.2, 0.25) is 0 Å². The van der Waals surface area contributed by atoms with Crippen LogP contribution in [0.3, 0.4) is 0 Å². The average Bonchev–Trinajstić information content (AvgIpc) is 2.76. The summed E-state index contributed by atoms with van der Waals surface area (Å²) in [6.45, 7) is 3.33. The van der Waals surface area contributed by atoms with Crippen molar-refractivity contribution in [2.75, 3.05) is 13.1 Å². The van der Waals surface area contributed by atoms with Crippen LogP contribution in [0.25, 0.3) is 0 Å². The molecule has 1 saturated heterocycles. The van der Waals surface area contributed by atoms with Crippen molar-refractivity contribution in [1.82, 2.24) is 5.32 Å². The first-order valence-electron chi connectivity index (χ1n) is 5.73. The van der Waals surface area contributed by atoms with Crippen molar-refractivity contribution in [3.8, 4) is 0 Å². The average molecular weight is 237 g/mol. The second kappa shape index (κ2) is 4.84. The predicted octanol–water partition coefficient (Wildman–Crippen LogP) is 1.87. The summed E-state index contributed by atoms with van der Waals surface area (Å²) < 4.78 is 18.5. The van der Waals surface area contributed by atoms with E-state index in [2.05, 4.69) is 5.32 Å². The van der Waals surface area contributed by atoms with E-state index < -0.39 is 5.41 Å². The van der Waals surface area contributed by atoms with Gasteiger partial charge in [0.05, 0.1) is 5.41 Å². The lowest BCUT2D eigenvalue weighted by atomic mass is 9.90. The number of halogens is 1. The third kappa shape index (κ3) is 2.64. The van der Waals surface area contributed by atoms with Crippen LogP contribution in [-0.4, -0.2) is 19.1 Å². The van der Waals surface area contributed by atoms with Gasteiger partial charge in [0, 0.05) is 12.1 Å². The van der Waals surface area contributed by atoms with E-state index in [1.807, 2.05) is 6.92 Å². The van der Waals surface area contributed by atoms with Crippen molar-refractivity contribution < 1.29 is 13.9 Å². The summed E-state index contributed by atoms with van der Waals surface area (Å²) in [7, 11) is 0. The number of ether oxygens (including phenoxy) is 1. The van der Waals surface area contributed by atoms with Gasteiger partial charge >= 0.3 is 5.97 Å². The minimum atomic E-state index is -0.467. The molecule has 1 aliphatic rings. The molecule has 0 radical (unpaired) electrons. The number of esters is 1. The van der Waals surface area contributed by atoms with Crippen molar-refractivity contribution >= 4 is 5.97 Å². The lowest BCUT2D eigenvalue weighted by molar-refractivity contribution is -0.155. The second-order valence-electron chi connectivity index (χ2n) is 4.65. The van der Waals surface area contributed by atoms with Crippen molar-refractivity contribution in [2.45, 2.75) is 20.0 Å².